The third-order valence-electron chi connectivity index (χ3n) is 2.86. The van der Waals surface area contributed by atoms with Crippen LogP contribution in [0.15, 0.2) is 24.5 Å². The molecule has 0 radical (unpaired) electrons. The Kier molecular flexibility index (Phi) is 3.44. The predicted molar refractivity (Wildman–Crippen MR) is 67.8 cm³/mol. The number of H-pyrrole nitrogens is 1. The van der Waals surface area contributed by atoms with Crippen molar-refractivity contribution in [3.8, 4) is 17.0 Å². The van der Waals surface area contributed by atoms with E-state index in [2.05, 4.69) is 23.0 Å². The molecule has 4 nitrogen and oxygen atoms in total. The second kappa shape index (κ2) is 5.01. The van der Waals surface area contributed by atoms with E-state index in [1.165, 1.54) is 5.56 Å². The fourth-order valence-electron chi connectivity index (χ4n) is 1.93. The first-order valence-corrected chi connectivity index (χ1v) is 5.69. The van der Waals surface area contributed by atoms with E-state index in [0.29, 0.717) is 6.54 Å². The average Bonchev–Trinajstić information content (AvgIpc) is 2.86. The van der Waals surface area contributed by atoms with E-state index in [1.807, 2.05) is 12.1 Å². The molecule has 0 spiro atoms. The van der Waals surface area contributed by atoms with Gasteiger partial charge in [-0.3, -0.25) is 0 Å². The van der Waals surface area contributed by atoms with E-state index in [4.69, 9.17) is 10.5 Å². The number of benzene rings is 1. The molecule has 0 saturated heterocycles. The number of rotatable bonds is 4. The number of hydrogen-bond acceptors (Lipinski definition) is 3. The highest BCUT2D eigenvalue weighted by Crippen LogP contribution is 2.27. The highest BCUT2D eigenvalue weighted by molar-refractivity contribution is 5.64. The fraction of sp³-hybridized carbons (Fsp3) is 0.308. The average molecular weight is 231 g/mol. The molecule has 2 aromatic rings. The smallest absolute Gasteiger partial charge is 0.122 e. The summed E-state index contributed by atoms with van der Waals surface area (Å²) in [6.45, 7) is 2.57. The summed E-state index contributed by atoms with van der Waals surface area (Å²) in [5.74, 6) is 0.918. The van der Waals surface area contributed by atoms with E-state index in [9.17, 15) is 0 Å². The van der Waals surface area contributed by atoms with Gasteiger partial charge in [-0.15, -0.1) is 0 Å². The van der Waals surface area contributed by atoms with Crippen LogP contribution in [0.2, 0.25) is 0 Å². The molecule has 17 heavy (non-hydrogen) atoms. The van der Waals surface area contributed by atoms with E-state index < -0.39 is 0 Å². The van der Waals surface area contributed by atoms with Crippen LogP contribution in [-0.4, -0.2) is 17.1 Å². The van der Waals surface area contributed by atoms with Gasteiger partial charge in [0.15, 0.2) is 0 Å². The molecule has 1 aromatic carbocycles. The normalized spacial score (nSPS) is 10.5. The largest absolute Gasteiger partial charge is 0.496 e. The lowest BCUT2D eigenvalue weighted by atomic mass is 10.0. The maximum Gasteiger partial charge on any atom is 0.122 e. The third kappa shape index (κ3) is 2.17. The summed E-state index contributed by atoms with van der Waals surface area (Å²) < 4.78 is 5.31. The Labute approximate surface area is 101 Å². The first-order chi connectivity index (χ1) is 8.30. The Morgan fingerprint density at radius 2 is 2.24 bits per heavy atom. The Morgan fingerprint density at radius 1 is 1.41 bits per heavy atom. The highest BCUT2D eigenvalue weighted by Gasteiger charge is 2.09. The molecule has 0 aliphatic carbocycles. The number of ether oxygens (including phenoxy) is 1. The monoisotopic (exact) mass is 231 g/mol. The zero-order valence-corrected chi connectivity index (χ0v) is 10.2. The van der Waals surface area contributed by atoms with Crippen LogP contribution in [0, 0.1) is 0 Å². The zero-order valence-electron chi connectivity index (χ0n) is 10.2. The lowest BCUT2D eigenvalue weighted by Crippen LogP contribution is -1.99. The highest BCUT2D eigenvalue weighted by atomic mass is 16.5. The summed E-state index contributed by atoms with van der Waals surface area (Å²) in [6.07, 6.45) is 2.60. The van der Waals surface area contributed by atoms with Gasteiger partial charge < -0.3 is 15.5 Å². The Balaban J connectivity index is 2.46. The molecule has 4 heteroatoms. The van der Waals surface area contributed by atoms with Gasteiger partial charge >= 0.3 is 0 Å². The Hall–Kier alpha value is -1.81. The van der Waals surface area contributed by atoms with Crippen LogP contribution < -0.4 is 10.5 Å². The Bertz CT molecular complexity index is 505. The van der Waals surface area contributed by atoms with Crippen molar-refractivity contribution in [3.05, 3.63) is 35.8 Å². The van der Waals surface area contributed by atoms with Crippen LogP contribution in [0.4, 0.5) is 0 Å². The number of nitrogens with zero attached hydrogens (tertiary/aromatic N) is 1. The summed E-state index contributed by atoms with van der Waals surface area (Å²) in [6, 6.07) is 6.09. The summed E-state index contributed by atoms with van der Waals surface area (Å²) in [5, 5.41) is 0. The molecule has 0 amide bonds. The maximum absolute atomic E-state index is 5.66. The number of methoxy groups -OCH3 is 1. The molecule has 0 aliphatic rings. The van der Waals surface area contributed by atoms with E-state index in [0.717, 1.165) is 29.1 Å². The van der Waals surface area contributed by atoms with Crippen molar-refractivity contribution in [2.75, 3.05) is 7.11 Å². The number of aromatic amines is 1. The van der Waals surface area contributed by atoms with Crippen LogP contribution in [0.5, 0.6) is 5.75 Å². The molecule has 90 valence electrons. The van der Waals surface area contributed by atoms with Crippen molar-refractivity contribution in [2.45, 2.75) is 19.9 Å². The molecule has 1 aromatic heterocycles. The second-order valence-electron chi connectivity index (χ2n) is 3.81. The summed E-state index contributed by atoms with van der Waals surface area (Å²) >= 11 is 0. The van der Waals surface area contributed by atoms with Gasteiger partial charge in [-0.05, 0) is 30.2 Å². The summed E-state index contributed by atoms with van der Waals surface area (Å²) in [4.78, 5) is 7.36. The van der Waals surface area contributed by atoms with Crippen LogP contribution in [0.1, 0.15) is 18.2 Å². The van der Waals surface area contributed by atoms with Crippen molar-refractivity contribution in [1.82, 2.24) is 9.97 Å². The first-order valence-electron chi connectivity index (χ1n) is 5.69. The van der Waals surface area contributed by atoms with Gasteiger partial charge in [0.05, 0.1) is 24.8 Å². The minimum atomic E-state index is 0.461. The van der Waals surface area contributed by atoms with Crippen molar-refractivity contribution in [3.63, 3.8) is 0 Å². The third-order valence-corrected chi connectivity index (χ3v) is 2.86. The van der Waals surface area contributed by atoms with Gasteiger partial charge in [0.1, 0.15) is 5.75 Å². The van der Waals surface area contributed by atoms with Crippen molar-refractivity contribution < 1.29 is 4.74 Å². The van der Waals surface area contributed by atoms with Crippen LogP contribution in [0.25, 0.3) is 11.3 Å². The molecule has 0 atom stereocenters. The van der Waals surface area contributed by atoms with Crippen LogP contribution in [0.3, 0.4) is 0 Å². The lowest BCUT2D eigenvalue weighted by molar-refractivity contribution is 0.410. The van der Waals surface area contributed by atoms with Gasteiger partial charge in [-0.1, -0.05) is 6.92 Å². The zero-order chi connectivity index (χ0) is 12.3. The summed E-state index contributed by atoms with van der Waals surface area (Å²) in [5.41, 5.74) is 9.79. The molecule has 0 bridgehead atoms. The molecule has 2 rings (SSSR count). The summed E-state index contributed by atoms with van der Waals surface area (Å²) in [7, 11) is 1.69. The molecular weight excluding hydrogens is 214 g/mol. The minimum Gasteiger partial charge on any atom is -0.496 e. The van der Waals surface area contributed by atoms with Crippen molar-refractivity contribution >= 4 is 0 Å². The van der Waals surface area contributed by atoms with E-state index in [1.54, 1.807) is 13.4 Å². The van der Waals surface area contributed by atoms with Crippen molar-refractivity contribution in [1.29, 1.82) is 0 Å². The molecule has 0 unspecified atom stereocenters. The quantitative estimate of drug-likeness (QED) is 0.847. The number of aromatic nitrogens is 2. The molecule has 0 saturated carbocycles. The molecular formula is C13H17N3O. The SMILES string of the molecule is CCc1cc(-c2nc[nH]c2CN)ccc1OC. The maximum atomic E-state index is 5.66. The number of nitrogens with two attached hydrogens (primary N) is 1. The number of hydrogen-bond donors (Lipinski definition) is 2. The number of imidazole rings is 1. The van der Waals surface area contributed by atoms with Crippen LogP contribution >= 0.6 is 0 Å². The number of aryl methyl sites for hydroxylation is 1. The second-order valence-corrected chi connectivity index (χ2v) is 3.81. The standard InChI is InChI=1S/C13H17N3O/c1-3-9-6-10(4-5-12(9)17-2)13-11(7-14)15-8-16-13/h4-6,8H,3,7,14H2,1-2H3,(H,15,16). The minimum absolute atomic E-state index is 0.461. The number of nitrogens with one attached hydrogen (secondary N) is 1. The topological polar surface area (TPSA) is 63.9 Å². The lowest BCUT2D eigenvalue weighted by Gasteiger charge is -2.08. The van der Waals surface area contributed by atoms with Crippen LogP contribution in [-0.2, 0) is 13.0 Å². The fourth-order valence-corrected chi connectivity index (χ4v) is 1.93. The van der Waals surface area contributed by atoms with Gasteiger partial charge in [-0.25, -0.2) is 4.98 Å². The van der Waals surface area contributed by atoms with Gasteiger partial charge in [0.2, 0.25) is 0 Å². The Morgan fingerprint density at radius 3 is 2.88 bits per heavy atom. The van der Waals surface area contributed by atoms with Gasteiger partial charge in [0, 0.05) is 12.1 Å². The van der Waals surface area contributed by atoms with E-state index >= 15 is 0 Å². The van der Waals surface area contributed by atoms with Gasteiger partial charge in [0.25, 0.3) is 0 Å². The molecule has 1 heterocycles. The first kappa shape index (κ1) is 11.7. The predicted octanol–water partition coefficient (Wildman–Crippen LogP) is 2.11. The van der Waals surface area contributed by atoms with Gasteiger partial charge in [-0.2, -0.15) is 0 Å². The van der Waals surface area contributed by atoms with Crippen molar-refractivity contribution in [2.24, 2.45) is 5.73 Å². The molecule has 3 N–H and O–H groups in total. The molecule has 0 fully saturated rings. The molecule has 0 aliphatic heterocycles. The van der Waals surface area contributed by atoms with E-state index in [-0.39, 0.29) is 0 Å².